The van der Waals surface area contributed by atoms with Gasteiger partial charge < -0.3 is 19.3 Å². The minimum Gasteiger partial charge on any atom is -0.508 e. The molecule has 18 nitrogen and oxygen atoms in total. The molecule has 5 N–H and O–H groups in total. The molecule has 0 aliphatic heterocycles. The van der Waals surface area contributed by atoms with Crippen LogP contribution in [0.25, 0.3) is 20.0 Å². The lowest BCUT2D eigenvalue weighted by Crippen LogP contribution is -2.26. The van der Waals surface area contributed by atoms with Crippen LogP contribution in [0.4, 0.5) is 0 Å². The van der Waals surface area contributed by atoms with E-state index in [4.69, 9.17) is 54.2 Å². The number of unbranched alkanes of at least 4 members (excludes halogenated alkanes) is 4. The summed E-state index contributed by atoms with van der Waals surface area (Å²) < 4.78 is 17.6. The van der Waals surface area contributed by atoms with Crippen molar-refractivity contribution in [3.63, 3.8) is 0 Å². The first kappa shape index (κ1) is 86.7. The Morgan fingerprint density at radius 1 is 0.304 bits per heavy atom. The van der Waals surface area contributed by atoms with E-state index in [9.17, 15) is 49.5 Å². The predicted molar refractivity (Wildman–Crippen MR) is 436 cm³/mol. The lowest BCUT2D eigenvalue weighted by molar-refractivity contribution is 0.0732. The van der Waals surface area contributed by atoms with E-state index in [1.165, 1.54) is 36.4 Å². The Hall–Kier alpha value is -12.6. The number of ether oxygens (including phenoxy) is 3. The summed E-state index contributed by atoms with van der Waals surface area (Å²) in [4.78, 5) is 74.9. The second-order valence-electron chi connectivity index (χ2n) is 26.1. The lowest BCUT2D eigenvalue weighted by Gasteiger charge is -2.24. The molecular formula is C91H87Cl3N4O14+4. The summed E-state index contributed by atoms with van der Waals surface area (Å²) in [6, 6.07) is 85.3. The molecule has 0 saturated carbocycles. The molecule has 4 unspecified atom stereocenters. The molecule has 0 spiro atoms. The van der Waals surface area contributed by atoms with Gasteiger partial charge in [-0.1, -0.05) is 256 Å². The zero-order valence-electron chi connectivity index (χ0n) is 61.6. The van der Waals surface area contributed by atoms with Gasteiger partial charge in [0.1, 0.15) is 23.0 Å². The van der Waals surface area contributed by atoms with Gasteiger partial charge in [0.25, 0.3) is 15.7 Å². The smallest absolute Gasteiger partial charge is 0.366 e. The number of halogens is 3. The molecule has 4 atom stereocenters. The van der Waals surface area contributed by atoms with Gasteiger partial charge in [0.2, 0.25) is 20.0 Å². The molecule has 10 aromatic rings. The summed E-state index contributed by atoms with van der Waals surface area (Å²) in [6.07, 6.45) is 9.73. The van der Waals surface area contributed by atoms with Crippen molar-refractivity contribution in [3.05, 3.63) is 353 Å². The van der Waals surface area contributed by atoms with Gasteiger partial charge in [-0.25, -0.2) is 14.4 Å². The summed E-state index contributed by atoms with van der Waals surface area (Å²) in [5.41, 5.74) is 3.17. The molecule has 21 heteroatoms. The van der Waals surface area contributed by atoms with Crippen molar-refractivity contribution < 1.29 is 68.9 Å². The summed E-state index contributed by atoms with van der Waals surface area (Å²) >= 11 is 15.6. The van der Waals surface area contributed by atoms with Gasteiger partial charge in [0.05, 0.1) is 16.7 Å². The SMILES string of the molecule is C.CCCCC(C#[N+]O)(c1ccccc1)c1ccc(O)cc1.CCCCC(C#[N+]O)(c1ccccc1)c1ccc(OC(=O)c2cc(C(=O)Oc3ccc(C(C#[N+]O)(CCCC)c4ccccc4)cc3)cc(C(=O)Oc3ccc(C(C#[N+]O)(CCCC)c4ccccc4)cc3)c2)cc1.O=C(Cl)c1cc(C(=O)Cl)cc(C(=O)Cl)c1. The van der Waals surface area contributed by atoms with E-state index in [1.807, 2.05) is 133 Å². The van der Waals surface area contributed by atoms with E-state index in [0.717, 1.165) is 102 Å². The minimum atomic E-state index is -0.891. The van der Waals surface area contributed by atoms with Crippen LogP contribution in [0.1, 0.15) is 219 Å². The van der Waals surface area contributed by atoms with Crippen molar-refractivity contribution in [1.29, 1.82) is 0 Å². The maximum absolute atomic E-state index is 14.1. The zero-order valence-corrected chi connectivity index (χ0v) is 63.8. The number of phenols is 1. The molecule has 0 heterocycles. The van der Waals surface area contributed by atoms with Crippen LogP contribution in [0.2, 0.25) is 0 Å². The van der Waals surface area contributed by atoms with E-state index < -0.39 is 55.3 Å². The predicted octanol–water partition coefficient (Wildman–Crippen LogP) is 23.0. The van der Waals surface area contributed by atoms with Crippen molar-refractivity contribution in [3.8, 4) is 47.3 Å². The molecule has 10 rings (SSSR count). The standard InChI is InChI=1S/C63H57N3O9.C18H19NO2.C9H3Cl3O3.CH4/c1-4-7-37-61(43-64-70,49-19-13-10-14-20-49)52-25-31-55(32-26-52)73-58(67)46-40-47(59(68)74-56-33-27-53(28-34-56)62(44-65-71,38-8-5-2)50-21-15-11-16-22-50)42-48(41-46)60(69)75-57-35-29-54(30-36-57)63(45-66-72,39-9-6-3)51-23-17-12-18-24-51;1-2-3-13-18(14-19-21,15-7-5-4-6-8-15)16-9-11-17(20)12-10-16;10-7(13)4-1-5(8(11)14)3-6(2-4)9(12)15;/h10-36,40-42H,4-9,37-39H2,1-3H3;4-12H,2-3,13H2,1H3,(H-,20,21);1-3H;1H4/p+4. The fourth-order valence-corrected chi connectivity index (χ4v) is 13.5. The number of carbonyl (C=O) groups excluding carboxylic acids is 6. The van der Waals surface area contributed by atoms with Crippen LogP contribution in [-0.4, -0.2) is 59.6 Å². The highest BCUT2D eigenvalue weighted by molar-refractivity contribution is 6.70. The molecule has 0 bridgehead atoms. The van der Waals surface area contributed by atoms with E-state index >= 15 is 0 Å². The second kappa shape index (κ2) is 42.4. The molecule has 0 fully saturated rings. The molecule has 0 aliphatic rings. The fourth-order valence-electron chi connectivity index (χ4n) is 13.2. The van der Waals surface area contributed by atoms with Crippen molar-refractivity contribution in [1.82, 2.24) is 0 Å². The van der Waals surface area contributed by atoms with Gasteiger partial charge in [0, 0.05) is 16.7 Å². The van der Waals surface area contributed by atoms with Crippen LogP contribution >= 0.6 is 34.8 Å². The van der Waals surface area contributed by atoms with Crippen LogP contribution in [-0.2, 0) is 21.7 Å². The van der Waals surface area contributed by atoms with Crippen molar-refractivity contribution >= 4 is 68.4 Å². The minimum absolute atomic E-state index is 0. The summed E-state index contributed by atoms with van der Waals surface area (Å²) in [5, 5.41) is 59.0. The average molecular weight is 1570 g/mol. The van der Waals surface area contributed by atoms with Crippen LogP contribution in [0.5, 0.6) is 23.0 Å². The third-order valence-electron chi connectivity index (χ3n) is 18.9. The molecule has 0 aliphatic carbocycles. The van der Waals surface area contributed by atoms with Crippen molar-refractivity contribution in [2.75, 3.05) is 0 Å². The molecule has 0 saturated heterocycles. The number of hydrogen-bond donors (Lipinski definition) is 5. The number of esters is 3. The van der Waals surface area contributed by atoms with Crippen LogP contribution in [0.15, 0.2) is 255 Å². The Bertz CT molecular complexity index is 4670. The largest absolute Gasteiger partial charge is 0.508 e. The monoisotopic (exact) mass is 1560 g/mol. The third kappa shape index (κ3) is 21.9. The van der Waals surface area contributed by atoms with E-state index in [2.05, 4.69) is 72.0 Å². The molecule has 0 amide bonds. The first-order chi connectivity index (χ1) is 53.7. The van der Waals surface area contributed by atoms with Crippen molar-refractivity contribution in [2.24, 2.45) is 0 Å². The van der Waals surface area contributed by atoms with Gasteiger partial charge in [-0.2, -0.15) is 20.8 Å². The number of nitrogens with zero attached hydrogens (tertiary/aromatic N) is 4. The molecule has 10 aromatic carbocycles. The highest BCUT2D eigenvalue weighted by atomic mass is 35.5. The quantitative estimate of drug-likeness (QED) is 0.0127. The Morgan fingerprint density at radius 3 is 0.679 bits per heavy atom. The number of aromatic hydroxyl groups is 1. The highest BCUT2D eigenvalue weighted by Crippen LogP contribution is 2.43. The normalized spacial score (nSPS) is 12.5. The van der Waals surface area contributed by atoms with Crippen LogP contribution in [0.3, 0.4) is 0 Å². The van der Waals surface area contributed by atoms with E-state index in [0.29, 0.717) is 19.3 Å². The van der Waals surface area contributed by atoms with Gasteiger partial charge in [-0.3, -0.25) is 14.4 Å². The first-order valence-corrected chi connectivity index (χ1v) is 37.2. The molecule has 0 radical (unpaired) electrons. The van der Waals surface area contributed by atoms with Crippen molar-refractivity contribution in [2.45, 2.75) is 134 Å². The number of carbonyl (C=O) groups is 6. The van der Waals surface area contributed by atoms with Gasteiger partial charge in [-0.05, 0) is 190 Å². The van der Waals surface area contributed by atoms with Gasteiger partial charge in [-0.15, -0.1) is 0 Å². The molecule has 112 heavy (non-hydrogen) atoms. The average Bonchev–Trinajstić information content (AvgIpc) is 0.788. The zero-order chi connectivity index (χ0) is 79.8. The Balaban J connectivity index is 0.000000381. The highest BCUT2D eigenvalue weighted by Gasteiger charge is 2.43. The Morgan fingerprint density at radius 2 is 0.491 bits per heavy atom. The lowest BCUT2D eigenvalue weighted by atomic mass is 9.72. The van der Waals surface area contributed by atoms with Crippen LogP contribution < -0.4 is 14.2 Å². The first-order valence-electron chi connectivity index (χ1n) is 36.1. The summed E-state index contributed by atoms with van der Waals surface area (Å²) in [7, 11) is 0. The molecular weight excluding hydrogens is 1480 g/mol. The number of phenolic OH excluding ortho intramolecular Hbond substituents is 1. The molecule has 572 valence electrons. The Kier molecular flexibility index (Phi) is 32.8. The maximum atomic E-state index is 14.1. The topological polar surface area (TPSA) is 249 Å². The number of rotatable bonds is 29. The summed E-state index contributed by atoms with van der Waals surface area (Å²) in [5.74, 6) is -1.90. The molecule has 0 aromatic heterocycles. The number of hydrogen-bond acceptors (Lipinski definition) is 14. The second-order valence-corrected chi connectivity index (χ2v) is 27.1. The van der Waals surface area contributed by atoms with Gasteiger partial charge >= 0.3 is 42.2 Å². The van der Waals surface area contributed by atoms with Gasteiger partial charge in [0.15, 0.2) is 21.7 Å². The Labute approximate surface area is 667 Å². The van der Waals surface area contributed by atoms with E-state index in [-0.39, 0.29) is 63.8 Å². The van der Waals surface area contributed by atoms with Crippen LogP contribution in [0, 0.1) is 24.3 Å². The fraction of sp³-hybridized carbons (Fsp3) is 0.231. The van der Waals surface area contributed by atoms with E-state index in [1.54, 1.807) is 84.9 Å². The summed E-state index contributed by atoms with van der Waals surface area (Å²) in [6.45, 7) is 8.35. The third-order valence-corrected chi connectivity index (χ3v) is 19.6. The maximum Gasteiger partial charge on any atom is 0.366 e. The number of benzene rings is 10.